The molecule has 0 amide bonds. The van der Waals surface area contributed by atoms with Gasteiger partial charge in [0, 0.05) is 46.6 Å². The number of carbonyl (C=O) groups excluding carboxylic acids is 1. The van der Waals surface area contributed by atoms with Crippen molar-refractivity contribution in [1.29, 1.82) is 5.26 Å². The summed E-state index contributed by atoms with van der Waals surface area (Å²) < 4.78 is 19.4. The minimum Gasteiger partial charge on any atom is -0.350 e. The molecule has 6 heteroatoms. The van der Waals surface area contributed by atoms with Gasteiger partial charge in [-0.2, -0.15) is 5.26 Å². The molecule has 1 fully saturated rings. The molecular formula is C33H43N3O2S. The molecule has 5 nitrogen and oxygen atoms in total. The Bertz CT molecular complexity index is 1450. The third kappa shape index (κ3) is 6.41. The predicted molar refractivity (Wildman–Crippen MR) is 163 cm³/mol. The van der Waals surface area contributed by atoms with Gasteiger partial charge in [-0.3, -0.25) is 4.79 Å². The smallest absolute Gasteiger partial charge is 0.139 e. The van der Waals surface area contributed by atoms with Crippen LogP contribution >= 0.6 is 0 Å². The Kier molecular flexibility index (Phi) is 9.56. The zero-order chi connectivity index (χ0) is 28.0. The first-order valence-corrected chi connectivity index (χ1v) is 16.2. The number of nitrogens with one attached hydrogen (secondary N) is 1. The number of anilines is 1. The van der Waals surface area contributed by atoms with Crippen molar-refractivity contribution >= 4 is 37.4 Å². The van der Waals surface area contributed by atoms with Gasteiger partial charge < -0.3 is 9.29 Å². The number of Topliss-reactive ketones (excluding diaryl/α,β-unsaturated/α-hetero) is 1. The molecule has 0 bridgehead atoms. The molecule has 4 rings (SSSR count). The average molecular weight is 546 g/mol. The van der Waals surface area contributed by atoms with Gasteiger partial charge in [-0.1, -0.05) is 33.1 Å². The Labute approximate surface area is 234 Å². The van der Waals surface area contributed by atoms with E-state index in [1.807, 2.05) is 6.07 Å². The fourth-order valence-electron chi connectivity index (χ4n) is 6.27. The van der Waals surface area contributed by atoms with Crippen molar-refractivity contribution in [2.45, 2.75) is 89.4 Å². The van der Waals surface area contributed by atoms with Crippen LogP contribution in [0.4, 0.5) is 5.69 Å². The third-order valence-electron chi connectivity index (χ3n) is 8.55. The Morgan fingerprint density at radius 1 is 1.13 bits per heavy atom. The molecule has 3 aromatic rings. The number of hydrogen-bond acceptors (Lipinski definition) is 3. The molecule has 1 aromatic heterocycles. The van der Waals surface area contributed by atoms with E-state index < -0.39 is 9.71 Å². The SMILES string of the molecule is CC=S(=O)(Nc1ccc2c(c1)c(C(CCC)CCC(CC)C(=O)C1CCCC1)cn2C)c1ccc(C#N)cc1. The summed E-state index contributed by atoms with van der Waals surface area (Å²) in [5, 5.41) is 12.0. The average Bonchev–Trinajstić information content (AvgIpc) is 3.61. The fourth-order valence-corrected chi connectivity index (χ4v) is 7.79. The molecule has 3 unspecified atom stereocenters. The highest BCUT2D eigenvalue weighted by molar-refractivity contribution is 8.02. The molecule has 1 N–H and O–H groups in total. The van der Waals surface area contributed by atoms with Gasteiger partial charge in [0.15, 0.2) is 0 Å². The van der Waals surface area contributed by atoms with E-state index in [1.54, 1.807) is 36.6 Å². The number of rotatable bonds is 12. The fraction of sp³-hybridized carbons (Fsp3) is 0.485. The monoisotopic (exact) mass is 545 g/mol. The Balaban J connectivity index is 1.61. The van der Waals surface area contributed by atoms with E-state index >= 15 is 0 Å². The molecule has 3 atom stereocenters. The van der Waals surface area contributed by atoms with Gasteiger partial charge in [0.2, 0.25) is 0 Å². The van der Waals surface area contributed by atoms with E-state index in [2.05, 4.69) is 54.6 Å². The number of carbonyl (C=O) groups is 1. The van der Waals surface area contributed by atoms with Crippen LogP contribution in [-0.2, 0) is 21.5 Å². The molecule has 1 aliphatic carbocycles. The van der Waals surface area contributed by atoms with Gasteiger partial charge in [0.05, 0.1) is 21.3 Å². The molecule has 208 valence electrons. The van der Waals surface area contributed by atoms with Gasteiger partial charge in [-0.15, -0.1) is 0 Å². The normalized spacial score (nSPS) is 16.9. The first-order valence-electron chi connectivity index (χ1n) is 14.6. The summed E-state index contributed by atoms with van der Waals surface area (Å²) in [6.45, 7) is 6.20. The van der Waals surface area contributed by atoms with Crippen molar-refractivity contribution in [1.82, 2.24) is 4.57 Å². The topological polar surface area (TPSA) is 74.9 Å². The summed E-state index contributed by atoms with van der Waals surface area (Å²) in [7, 11) is -0.577. The zero-order valence-corrected chi connectivity index (χ0v) is 24.7. The lowest BCUT2D eigenvalue weighted by Gasteiger charge is -2.22. The van der Waals surface area contributed by atoms with Crippen LogP contribution in [0.1, 0.15) is 95.6 Å². The highest BCUT2D eigenvalue weighted by Gasteiger charge is 2.29. The van der Waals surface area contributed by atoms with E-state index in [0.29, 0.717) is 22.2 Å². The molecule has 1 saturated carbocycles. The summed E-state index contributed by atoms with van der Waals surface area (Å²) in [5.41, 5.74) is 3.81. The van der Waals surface area contributed by atoms with Gasteiger partial charge >= 0.3 is 0 Å². The second kappa shape index (κ2) is 12.9. The number of fused-ring (bicyclic) bond motifs is 1. The van der Waals surface area contributed by atoms with E-state index in [4.69, 9.17) is 5.26 Å². The van der Waals surface area contributed by atoms with Crippen molar-refractivity contribution in [2.24, 2.45) is 18.9 Å². The molecule has 2 aromatic carbocycles. The Hall–Kier alpha value is -3.04. The van der Waals surface area contributed by atoms with Gasteiger partial charge in [-0.05, 0) is 105 Å². The van der Waals surface area contributed by atoms with Gasteiger partial charge in [0.25, 0.3) is 0 Å². The Morgan fingerprint density at radius 2 is 1.85 bits per heavy atom. The van der Waals surface area contributed by atoms with Crippen LogP contribution in [0.25, 0.3) is 10.9 Å². The molecule has 1 heterocycles. The van der Waals surface area contributed by atoms with Crippen molar-refractivity contribution < 1.29 is 9.00 Å². The molecule has 0 saturated heterocycles. The number of nitrogens with zero attached hydrogens (tertiary/aromatic N) is 2. The lowest BCUT2D eigenvalue weighted by molar-refractivity contribution is -0.127. The third-order valence-corrected chi connectivity index (χ3v) is 10.7. The first kappa shape index (κ1) is 29.0. The van der Waals surface area contributed by atoms with Crippen LogP contribution in [-0.4, -0.2) is 19.9 Å². The summed E-state index contributed by atoms with van der Waals surface area (Å²) in [6.07, 6.45) is 11.8. The minimum absolute atomic E-state index is 0.164. The highest BCUT2D eigenvalue weighted by Crippen LogP contribution is 2.37. The number of benzene rings is 2. The lowest BCUT2D eigenvalue weighted by Crippen LogP contribution is -2.22. The maximum atomic E-state index is 13.9. The standard InChI is InChI=1S/C33H43N3O2S/c1-5-10-26(16-15-25(6-2)33(37)27-11-8-9-12-27)31-23-36(4)32-20-17-28(21-30(31)32)35-39(38,7-3)29-18-13-24(22-34)14-19-29/h7,13-14,17-21,23,25-27H,5-6,8-12,15-16H2,1-4H3,(H,35,38). The Morgan fingerprint density at radius 3 is 2.46 bits per heavy atom. The quantitative estimate of drug-likeness (QED) is 0.234. The van der Waals surface area contributed by atoms with Gasteiger partial charge in [0.1, 0.15) is 5.78 Å². The summed E-state index contributed by atoms with van der Waals surface area (Å²) in [5.74, 6) is 1.33. The minimum atomic E-state index is -2.66. The number of aromatic nitrogens is 1. The second-order valence-corrected chi connectivity index (χ2v) is 13.4. The summed E-state index contributed by atoms with van der Waals surface area (Å²) in [6, 6.07) is 15.3. The van der Waals surface area contributed by atoms with Crippen LogP contribution in [0.3, 0.4) is 0 Å². The molecule has 0 aliphatic heterocycles. The van der Waals surface area contributed by atoms with Crippen molar-refractivity contribution in [3.63, 3.8) is 0 Å². The molecule has 0 radical (unpaired) electrons. The summed E-state index contributed by atoms with van der Waals surface area (Å²) in [4.78, 5) is 13.9. The highest BCUT2D eigenvalue weighted by atomic mass is 32.2. The largest absolute Gasteiger partial charge is 0.350 e. The van der Waals surface area contributed by atoms with Gasteiger partial charge in [-0.25, -0.2) is 4.21 Å². The van der Waals surface area contributed by atoms with E-state index in [1.165, 1.54) is 23.8 Å². The van der Waals surface area contributed by atoms with E-state index in [0.717, 1.165) is 56.1 Å². The predicted octanol–water partition coefficient (Wildman–Crippen LogP) is 7.99. The second-order valence-electron chi connectivity index (χ2n) is 11.1. The zero-order valence-electron chi connectivity index (χ0n) is 23.9. The van der Waals surface area contributed by atoms with E-state index in [9.17, 15) is 9.00 Å². The van der Waals surface area contributed by atoms with Crippen molar-refractivity contribution in [3.05, 3.63) is 59.8 Å². The molecule has 0 spiro atoms. The van der Waals surface area contributed by atoms with E-state index in [-0.39, 0.29) is 11.8 Å². The van der Waals surface area contributed by atoms with Crippen molar-refractivity contribution in [3.8, 4) is 6.07 Å². The van der Waals surface area contributed by atoms with Crippen LogP contribution in [0.15, 0.2) is 53.6 Å². The number of aryl methyl sites for hydroxylation is 1. The number of ketones is 1. The summed E-state index contributed by atoms with van der Waals surface area (Å²) >= 11 is 0. The molecule has 39 heavy (non-hydrogen) atoms. The molecular weight excluding hydrogens is 502 g/mol. The van der Waals surface area contributed by atoms with Crippen molar-refractivity contribution in [2.75, 3.05) is 4.72 Å². The number of nitriles is 1. The van der Waals surface area contributed by atoms with Crippen LogP contribution in [0.5, 0.6) is 0 Å². The van der Waals surface area contributed by atoms with Crippen LogP contribution in [0.2, 0.25) is 0 Å². The maximum absolute atomic E-state index is 13.9. The number of hydrogen-bond donors (Lipinski definition) is 1. The van der Waals surface area contributed by atoms with Crippen LogP contribution < -0.4 is 4.72 Å². The first-order chi connectivity index (χ1) is 18.8. The van der Waals surface area contributed by atoms with Crippen LogP contribution in [0, 0.1) is 23.2 Å². The lowest BCUT2D eigenvalue weighted by atomic mass is 9.82. The maximum Gasteiger partial charge on any atom is 0.139 e. The molecule has 1 aliphatic rings.